The minimum absolute atomic E-state index is 0.0386. The monoisotopic (exact) mass is 365 g/mol. The summed E-state index contributed by atoms with van der Waals surface area (Å²) in [5.41, 5.74) is 3.98. The SMILES string of the molecule is O=C(NCCC1=CCCCC1)[C@@H]1CCCN(c2cnc3nccnc3c2)C1. The maximum absolute atomic E-state index is 12.6. The molecule has 0 unspecified atom stereocenters. The van der Waals surface area contributed by atoms with Crippen LogP contribution >= 0.6 is 0 Å². The lowest BCUT2D eigenvalue weighted by molar-refractivity contribution is -0.125. The van der Waals surface area contributed by atoms with E-state index in [0.29, 0.717) is 5.65 Å². The second-order valence-corrected chi connectivity index (χ2v) is 7.53. The second-order valence-electron chi connectivity index (χ2n) is 7.53. The van der Waals surface area contributed by atoms with Gasteiger partial charge in [0.25, 0.3) is 0 Å². The molecule has 1 aliphatic heterocycles. The number of rotatable bonds is 5. The summed E-state index contributed by atoms with van der Waals surface area (Å²) < 4.78 is 0. The van der Waals surface area contributed by atoms with Crippen LogP contribution < -0.4 is 10.2 Å². The molecule has 3 heterocycles. The van der Waals surface area contributed by atoms with E-state index in [9.17, 15) is 4.79 Å². The molecular weight excluding hydrogens is 338 g/mol. The molecule has 1 saturated heterocycles. The standard InChI is InChI=1S/C21H27N5O/c27-21(24-9-8-16-5-2-1-3-6-16)17-7-4-12-26(15-17)18-13-19-20(25-14-18)23-11-10-22-19/h5,10-11,13-14,17H,1-4,6-9,12,15H2,(H,24,27)/t17-/m1/s1. The van der Waals surface area contributed by atoms with Gasteiger partial charge in [-0.05, 0) is 51.0 Å². The largest absolute Gasteiger partial charge is 0.369 e. The fourth-order valence-electron chi connectivity index (χ4n) is 4.07. The molecule has 2 aromatic heterocycles. The van der Waals surface area contributed by atoms with Crippen LogP contribution in [0, 0.1) is 5.92 Å². The topological polar surface area (TPSA) is 71.0 Å². The minimum Gasteiger partial charge on any atom is -0.369 e. The lowest BCUT2D eigenvalue weighted by atomic mass is 9.95. The molecular formula is C21H27N5O. The molecule has 1 fully saturated rings. The summed E-state index contributed by atoms with van der Waals surface area (Å²) in [6.07, 6.45) is 15.5. The molecule has 0 bridgehead atoms. The first-order valence-corrected chi connectivity index (χ1v) is 10.1. The van der Waals surface area contributed by atoms with Crippen LogP contribution in [0.15, 0.2) is 36.3 Å². The summed E-state index contributed by atoms with van der Waals surface area (Å²) in [5.74, 6) is 0.223. The number of carbonyl (C=O) groups excluding carboxylic acids is 1. The van der Waals surface area contributed by atoms with Gasteiger partial charge >= 0.3 is 0 Å². The van der Waals surface area contributed by atoms with Crippen molar-refractivity contribution in [2.24, 2.45) is 5.92 Å². The van der Waals surface area contributed by atoms with E-state index in [2.05, 4.69) is 31.2 Å². The molecule has 27 heavy (non-hydrogen) atoms. The maximum atomic E-state index is 12.6. The summed E-state index contributed by atoms with van der Waals surface area (Å²) in [6.45, 7) is 2.44. The van der Waals surface area contributed by atoms with Gasteiger partial charge in [-0.2, -0.15) is 0 Å². The van der Waals surface area contributed by atoms with Crippen LogP contribution in [-0.2, 0) is 4.79 Å². The van der Waals surface area contributed by atoms with Gasteiger partial charge < -0.3 is 10.2 Å². The van der Waals surface area contributed by atoms with Crippen LogP contribution in [0.2, 0.25) is 0 Å². The van der Waals surface area contributed by atoms with Crippen LogP contribution in [0.3, 0.4) is 0 Å². The maximum Gasteiger partial charge on any atom is 0.224 e. The zero-order valence-electron chi connectivity index (χ0n) is 15.7. The minimum atomic E-state index is 0.0386. The Morgan fingerprint density at radius 1 is 1.19 bits per heavy atom. The Morgan fingerprint density at radius 2 is 2.11 bits per heavy atom. The van der Waals surface area contributed by atoms with E-state index in [0.717, 1.165) is 50.1 Å². The number of amides is 1. The number of aromatic nitrogens is 3. The lowest BCUT2D eigenvalue weighted by Gasteiger charge is -2.33. The summed E-state index contributed by atoms with van der Waals surface area (Å²) >= 11 is 0. The summed E-state index contributed by atoms with van der Waals surface area (Å²) in [7, 11) is 0. The van der Waals surface area contributed by atoms with Crippen molar-refractivity contribution in [1.82, 2.24) is 20.3 Å². The number of hydrogen-bond acceptors (Lipinski definition) is 5. The molecule has 1 amide bonds. The molecule has 0 aromatic carbocycles. The van der Waals surface area contributed by atoms with Gasteiger partial charge in [0.15, 0.2) is 5.65 Å². The third-order valence-corrected chi connectivity index (χ3v) is 5.60. The van der Waals surface area contributed by atoms with Crippen LogP contribution in [0.5, 0.6) is 0 Å². The Bertz CT molecular complexity index is 834. The number of piperidine rings is 1. The van der Waals surface area contributed by atoms with Crippen LogP contribution in [0.1, 0.15) is 44.9 Å². The van der Waals surface area contributed by atoms with Gasteiger partial charge in [0, 0.05) is 32.0 Å². The predicted molar refractivity (Wildman–Crippen MR) is 106 cm³/mol. The quantitative estimate of drug-likeness (QED) is 0.824. The van der Waals surface area contributed by atoms with E-state index < -0.39 is 0 Å². The van der Waals surface area contributed by atoms with E-state index in [1.807, 2.05) is 12.3 Å². The van der Waals surface area contributed by atoms with Crippen molar-refractivity contribution in [2.75, 3.05) is 24.5 Å². The zero-order chi connectivity index (χ0) is 18.5. The van der Waals surface area contributed by atoms with Crippen molar-refractivity contribution in [2.45, 2.75) is 44.9 Å². The predicted octanol–water partition coefficient (Wildman–Crippen LogP) is 3.25. The average Bonchev–Trinajstić information content (AvgIpc) is 2.74. The van der Waals surface area contributed by atoms with E-state index >= 15 is 0 Å². The van der Waals surface area contributed by atoms with Crippen molar-refractivity contribution < 1.29 is 4.79 Å². The molecule has 1 N–H and O–H groups in total. The smallest absolute Gasteiger partial charge is 0.224 e. The van der Waals surface area contributed by atoms with Crippen LogP contribution in [-0.4, -0.2) is 40.5 Å². The van der Waals surface area contributed by atoms with Crippen LogP contribution in [0.4, 0.5) is 5.69 Å². The summed E-state index contributed by atoms with van der Waals surface area (Å²) in [5, 5.41) is 3.16. The van der Waals surface area contributed by atoms with Crippen LogP contribution in [0.25, 0.3) is 11.2 Å². The first-order chi connectivity index (χ1) is 13.3. The molecule has 1 aliphatic carbocycles. The van der Waals surface area contributed by atoms with Gasteiger partial charge in [-0.15, -0.1) is 0 Å². The van der Waals surface area contributed by atoms with Crippen molar-refractivity contribution in [3.05, 3.63) is 36.3 Å². The molecule has 0 saturated carbocycles. The van der Waals surface area contributed by atoms with Gasteiger partial charge in [0.1, 0.15) is 5.52 Å². The number of nitrogens with one attached hydrogen (secondary N) is 1. The Balaban J connectivity index is 1.34. The molecule has 2 aliphatic rings. The number of allylic oxidation sites excluding steroid dienone is 1. The van der Waals surface area contributed by atoms with Crippen molar-refractivity contribution in [1.29, 1.82) is 0 Å². The molecule has 142 valence electrons. The number of hydrogen-bond donors (Lipinski definition) is 1. The molecule has 0 spiro atoms. The number of nitrogens with zero attached hydrogens (tertiary/aromatic N) is 4. The number of anilines is 1. The van der Waals surface area contributed by atoms with Gasteiger partial charge in [0.2, 0.25) is 5.91 Å². The van der Waals surface area contributed by atoms with Gasteiger partial charge in [0.05, 0.1) is 17.8 Å². The molecule has 1 atom stereocenters. The van der Waals surface area contributed by atoms with Crippen molar-refractivity contribution in [3.8, 4) is 0 Å². The Hall–Kier alpha value is -2.50. The highest BCUT2D eigenvalue weighted by Crippen LogP contribution is 2.25. The molecule has 2 aromatic rings. The van der Waals surface area contributed by atoms with E-state index in [4.69, 9.17) is 0 Å². The van der Waals surface area contributed by atoms with Gasteiger partial charge in [-0.1, -0.05) is 11.6 Å². The second kappa shape index (κ2) is 8.46. The van der Waals surface area contributed by atoms with E-state index in [1.165, 1.54) is 31.3 Å². The average molecular weight is 365 g/mol. The zero-order valence-corrected chi connectivity index (χ0v) is 15.7. The Morgan fingerprint density at radius 3 is 3.00 bits per heavy atom. The highest BCUT2D eigenvalue weighted by molar-refractivity contribution is 5.80. The fraction of sp³-hybridized carbons (Fsp3) is 0.524. The van der Waals surface area contributed by atoms with E-state index in [-0.39, 0.29) is 11.8 Å². The molecule has 0 radical (unpaired) electrons. The molecule has 4 rings (SSSR count). The highest BCUT2D eigenvalue weighted by Gasteiger charge is 2.26. The first kappa shape index (κ1) is 17.9. The lowest BCUT2D eigenvalue weighted by Crippen LogP contribution is -2.43. The van der Waals surface area contributed by atoms with E-state index in [1.54, 1.807) is 12.4 Å². The summed E-state index contributed by atoms with van der Waals surface area (Å²) in [6, 6.07) is 2.02. The van der Waals surface area contributed by atoms with Crippen molar-refractivity contribution >= 4 is 22.8 Å². The fourth-order valence-corrected chi connectivity index (χ4v) is 4.07. The number of pyridine rings is 1. The first-order valence-electron chi connectivity index (χ1n) is 10.1. The molecule has 6 nitrogen and oxygen atoms in total. The third-order valence-electron chi connectivity index (χ3n) is 5.60. The Kier molecular flexibility index (Phi) is 5.61. The van der Waals surface area contributed by atoms with Gasteiger partial charge in [-0.3, -0.25) is 9.78 Å². The number of carbonyl (C=O) groups is 1. The van der Waals surface area contributed by atoms with Crippen molar-refractivity contribution in [3.63, 3.8) is 0 Å². The normalized spacial score (nSPS) is 20.4. The highest BCUT2D eigenvalue weighted by atomic mass is 16.1. The molecule has 6 heteroatoms. The van der Waals surface area contributed by atoms with Gasteiger partial charge in [-0.25, -0.2) is 9.97 Å². The summed E-state index contributed by atoms with van der Waals surface area (Å²) in [4.78, 5) is 27.8. The third kappa shape index (κ3) is 4.43. The number of fused-ring (bicyclic) bond motifs is 1. The Labute approximate surface area is 160 Å².